The molecule has 0 saturated heterocycles. The van der Waals surface area contributed by atoms with Crippen LogP contribution >= 0.6 is 0 Å². The van der Waals surface area contributed by atoms with E-state index in [4.69, 9.17) is 9.84 Å². The van der Waals surface area contributed by atoms with E-state index in [1.165, 1.54) is 44.2 Å². The fourth-order valence-electron chi connectivity index (χ4n) is 7.36. The molecule has 2 aromatic carbocycles. The standard InChI is InChI=1S/C36H51N3O9S2/c1-4-5-23-48-30-20-19-29(33(49(2,44)45)34(30)50(3,46)47)38-36(43)39-32(26-13-11-25(12-14-26)24-9-7-6-8-10-24)27-15-17-28(18-16-27)35(42)37-22-21-31(40)41/h15-20,24-26,32H,4-14,21-23H2,1-3H3,(H,37,42)(H,40,41)(H2,38,39,43). The lowest BCUT2D eigenvalue weighted by Gasteiger charge is -2.39. The van der Waals surface area contributed by atoms with E-state index >= 15 is 0 Å². The van der Waals surface area contributed by atoms with Gasteiger partial charge in [0.2, 0.25) is 0 Å². The first-order chi connectivity index (χ1) is 23.7. The molecule has 2 aromatic rings. The van der Waals surface area contributed by atoms with Gasteiger partial charge in [-0.3, -0.25) is 9.59 Å². The fraction of sp³-hybridized carbons (Fsp3) is 0.583. The number of nitrogens with one attached hydrogen (secondary N) is 3. The second kappa shape index (κ2) is 17.5. The van der Waals surface area contributed by atoms with Crippen LogP contribution in [-0.4, -0.2) is 65.5 Å². The summed E-state index contributed by atoms with van der Waals surface area (Å²) < 4.78 is 57.7. The molecular formula is C36H51N3O9S2. The van der Waals surface area contributed by atoms with Crippen molar-refractivity contribution in [2.75, 3.05) is 31.0 Å². The van der Waals surface area contributed by atoms with E-state index in [9.17, 15) is 31.2 Å². The van der Waals surface area contributed by atoms with E-state index in [0.29, 0.717) is 17.9 Å². The summed E-state index contributed by atoms with van der Waals surface area (Å²) in [5.41, 5.74) is 0.917. The Morgan fingerprint density at radius 2 is 1.46 bits per heavy atom. The molecule has 50 heavy (non-hydrogen) atoms. The molecule has 0 spiro atoms. The number of amides is 3. The molecule has 4 N–H and O–H groups in total. The van der Waals surface area contributed by atoms with Crippen molar-refractivity contribution in [1.29, 1.82) is 0 Å². The number of carboxylic acids is 1. The molecule has 12 nitrogen and oxygen atoms in total. The van der Waals surface area contributed by atoms with Crippen molar-refractivity contribution < 1.29 is 41.1 Å². The van der Waals surface area contributed by atoms with Gasteiger partial charge in [-0.25, -0.2) is 21.6 Å². The quantitative estimate of drug-likeness (QED) is 0.156. The molecular weight excluding hydrogens is 683 g/mol. The van der Waals surface area contributed by atoms with Gasteiger partial charge >= 0.3 is 12.0 Å². The van der Waals surface area contributed by atoms with E-state index in [-0.39, 0.29) is 36.9 Å². The van der Waals surface area contributed by atoms with Crippen LogP contribution in [0.3, 0.4) is 0 Å². The highest BCUT2D eigenvalue weighted by atomic mass is 32.2. The first-order valence-corrected chi connectivity index (χ1v) is 21.3. The number of anilines is 1. The molecule has 2 saturated carbocycles. The van der Waals surface area contributed by atoms with Gasteiger partial charge in [0.1, 0.15) is 15.5 Å². The summed E-state index contributed by atoms with van der Waals surface area (Å²) in [6.07, 6.45) is 13.2. The van der Waals surface area contributed by atoms with Crippen LogP contribution in [0.15, 0.2) is 46.2 Å². The van der Waals surface area contributed by atoms with Gasteiger partial charge in [-0.05, 0) is 79.7 Å². The summed E-state index contributed by atoms with van der Waals surface area (Å²) in [7, 11) is -8.26. The molecule has 3 amide bonds. The van der Waals surface area contributed by atoms with E-state index < -0.39 is 53.4 Å². The Balaban J connectivity index is 1.60. The fourth-order valence-corrected chi connectivity index (χ4v) is 10.2. The first-order valence-electron chi connectivity index (χ1n) is 17.6. The third-order valence-corrected chi connectivity index (χ3v) is 12.3. The van der Waals surface area contributed by atoms with E-state index in [0.717, 1.165) is 56.1 Å². The molecule has 0 radical (unpaired) electrons. The predicted octanol–water partition coefficient (Wildman–Crippen LogP) is 6.13. The smallest absolute Gasteiger partial charge is 0.319 e. The van der Waals surface area contributed by atoms with E-state index in [2.05, 4.69) is 16.0 Å². The Morgan fingerprint density at radius 3 is 2.04 bits per heavy atom. The maximum absolute atomic E-state index is 13.7. The van der Waals surface area contributed by atoms with Gasteiger partial charge < -0.3 is 25.8 Å². The minimum atomic E-state index is -4.16. The molecule has 2 aliphatic rings. The van der Waals surface area contributed by atoms with Crippen LogP contribution in [0.25, 0.3) is 0 Å². The number of carbonyl (C=O) groups excluding carboxylic acids is 2. The number of hydrogen-bond donors (Lipinski definition) is 4. The number of urea groups is 1. The van der Waals surface area contributed by atoms with Crippen LogP contribution in [0, 0.1) is 17.8 Å². The number of benzene rings is 2. The molecule has 4 rings (SSSR count). The molecule has 1 atom stereocenters. The number of ether oxygens (including phenoxy) is 1. The van der Waals surface area contributed by atoms with Crippen LogP contribution in [0.5, 0.6) is 5.75 Å². The third kappa shape index (κ3) is 10.7. The van der Waals surface area contributed by atoms with Crippen LogP contribution in [0.1, 0.15) is 106 Å². The van der Waals surface area contributed by atoms with Crippen molar-refractivity contribution in [3.63, 3.8) is 0 Å². The summed E-state index contributed by atoms with van der Waals surface area (Å²) in [6.45, 7) is 2.14. The Labute approximate surface area is 296 Å². The van der Waals surface area contributed by atoms with Gasteiger partial charge in [0, 0.05) is 24.6 Å². The van der Waals surface area contributed by atoms with Gasteiger partial charge in [0.05, 0.1) is 24.8 Å². The minimum Gasteiger partial charge on any atom is -0.492 e. The van der Waals surface area contributed by atoms with E-state index in [1.807, 2.05) is 6.92 Å². The van der Waals surface area contributed by atoms with Crippen molar-refractivity contribution in [1.82, 2.24) is 10.6 Å². The van der Waals surface area contributed by atoms with Crippen LogP contribution in [0.2, 0.25) is 0 Å². The number of rotatable bonds is 15. The highest BCUT2D eigenvalue weighted by Gasteiger charge is 2.34. The van der Waals surface area contributed by atoms with Gasteiger partial charge in [-0.2, -0.15) is 0 Å². The SMILES string of the molecule is CCCCOc1ccc(NC(=O)NC(c2ccc(C(=O)NCCC(=O)O)cc2)C2CCC(C3CCCCC3)CC2)c(S(C)(=O)=O)c1S(C)(=O)=O. The molecule has 2 aliphatic carbocycles. The van der Waals surface area contributed by atoms with Crippen molar-refractivity contribution in [2.24, 2.45) is 17.8 Å². The summed E-state index contributed by atoms with van der Waals surface area (Å²) in [5, 5.41) is 17.1. The molecule has 0 aliphatic heterocycles. The summed E-state index contributed by atoms with van der Waals surface area (Å²) in [5.74, 6) is -0.0878. The predicted molar refractivity (Wildman–Crippen MR) is 191 cm³/mol. The lowest BCUT2D eigenvalue weighted by Crippen LogP contribution is -2.38. The monoisotopic (exact) mass is 733 g/mol. The zero-order valence-corrected chi connectivity index (χ0v) is 30.8. The molecule has 1 unspecified atom stereocenters. The van der Waals surface area contributed by atoms with Crippen molar-refractivity contribution >= 4 is 43.3 Å². The van der Waals surface area contributed by atoms with Crippen molar-refractivity contribution in [2.45, 2.75) is 99.8 Å². The van der Waals surface area contributed by atoms with Crippen molar-refractivity contribution in [3.8, 4) is 5.75 Å². The minimum absolute atomic E-state index is 0.00708. The van der Waals surface area contributed by atoms with Gasteiger partial charge in [-0.1, -0.05) is 57.6 Å². The lowest BCUT2D eigenvalue weighted by atomic mass is 9.69. The Bertz CT molecular complexity index is 1710. The van der Waals surface area contributed by atoms with Crippen LogP contribution in [-0.2, 0) is 24.5 Å². The zero-order chi connectivity index (χ0) is 36.5. The third-order valence-electron chi connectivity index (χ3n) is 9.87. The van der Waals surface area contributed by atoms with Crippen LogP contribution < -0.4 is 20.7 Å². The van der Waals surface area contributed by atoms with Gasteiger partial charge in [0.25, 0.3) is 5.91 Å². The molecule has 0 heterocycles. The number of sulfone groups is 2. The maximum Gasteiger partial charge on any atom is 0.319 e. The second-order valence-corrected chi connectivity index (χ2v) is 17.6. The molecule has 0 bridgehead atoms. The number of aliphatic carboxylic acids is 1. The maximum atomic E-state index is 13.7. The van der Waals surface area contributed by atoms with Gasteiger partial charge in [0.15, 0.2) is 19.7 Å². The van der Waals surface area contributed by atoms with Crippen molar-refractivity contribution in [3.05, 3.63) is 47.5 Å². The normalized spacial score (nSPS) is 19.3. The number of carbonyl (C=O) groups is 3. The average Bonchev–Trinajstić information content (AvgIpc) is 3.07. The summed E-state index contributed by atoms with van der Waals surface area (Å²) in [4.78, 5) is 36.1. The zero-order valence-electron chi connectivity index (χ0n) is 29.2. The Morgan fingerprint density at radius 1 is 0.840 bits per heavy atom. The number of unbranched alkanes of at least 4 members (excludes halogenated alkanes) is 1. The second-order valence-electron chi connectivity index (χ2n) is 13.7. The van der Waals surface area contributed by atoms with Gasteiger partial charge in [-0.15, -0.1) is 0 Å². The summed E-state index contributed by atoms with van der Waals surface area (Å²) in [6, 6.07) is 8.29. The number of hydrogen-bond acceptors (Lipinski definition) is 8. The van der Waals surface area contributed by atoms with E-state index in [1.54, 1.807) is 24.3 Å². The topological polar surface area (TPSA) is 185 Å². The lowest BCUT2D eigenvalue weighted by molar-refractivity contribution is -0.136. The molecule has 2 fully saturated rings. The van der Waals surface area contributed by atoms with Crippen LogP contribution in [0.4, 0.5) is 10.5 Å². The average molecular weight is 734 g/mol. The Hall–Kier alpha value is -3.65. The highest BCUT2D eigenvalue weighted by molar-refractivity contribution is 7.94. The Kier molecular flexibility index (Phi) is 13.7. The summed E-state index contributed by atoms with van der Waals surface area (Å²) >= 11 is 0. The number of carboxylic acid groups (broad SMARTS) is 1. The highest BCUT2D eigenvalue weighted by Crippen LogP contribution is 2.43. The largest absolute Gasteiger partial charge is 0.492 e. The molecule has 0 aromatic heterocycles. The molecule has 276 valence electrons. The molecule has 14 heteroatoms. The first kappa shape index (κ1) is 39.1.